The van der Waals surface area contributed by atoms with Gasteiger partial charge in [0, 0.05) is 20.1 Å². The fraction of sp³-hybridized carbons (Fsp3) is 0.833. The van der Waals surface area contributed by atoms with Crippen LogP contribution >= 0.6 is 11.3 Å². The first kappa shape index (κ1) is 11.4. The third-order valence-corrected chi connectivity index (χ3v) is 4.39. The summed E-state index contributed by atoms with van der Waals surface area (Å²) in [6.07, 6.45) is 5.72. The summed E-state index contributed by atoms with van der Waals surface area (Å²) in [4.78, 5) is 2.59. The van der Waals surface area contributed by atoms with Crippen LogP contribution in [0.25, 0.3) is 0 Å². The van der Waals surface area contributed by atoms with Crippen molar-refractivity contribution in [2.24, 2.45) is 11.8 Å². The van der Waals surface area contributed by atoms with Crippen LogP contribution in [0.4, 0.5) is 5.13 Å². The molecule has 1 aromatic heterocycles. The lowest BCUT2D eigenvalue weighted by molar-refractivity contribution is 0.243. The second kappa shape index (κ2) is 4.90. The SMILES string of the molecule is CNc1nnc(CN(CC2CC2)CC2CC2)s1. The van der Waals surface area contributed by atoms with Gasteiger partial charge in [0.05, 0.1) is 6.54 Å². The van der Waals surface area contributed by atoms with Gasteiger partial charge >= 0.3 is 0 Å². The second-order valence-electron chi connectivity index (χ2n) is 5.33. The van der Waals surface area contributed by atoms with E-state index in [4.69, 9.17) is 0 Å². The van der Waals surface area contributed by atoms with Crippen molar-refractivity contribution in [1.82, 2.24) is 15.1 Å². The summed E-state index contributed by atoms with van der Waals surface area (Å²) >= 11 is 1.68. The lowest BCUT2D eigenvalue weighted by Crippen LogP contribution is -2.27. The third-order valence-electron chi connectivity index (χ3n) is 3.47. The average molecular weight is 252 g/mol. The summed E-state index contributed by atoms with van der Waals surface area (Å²) in [5.41, 5.74) is 0. The van der Waals surface area contributed by atoms with Gasteiger partial charge in [-0.25, -0.2) is 0 Å². The van der Waals surface area contributed by atoms with E-state index in [0.717, 1.165) is 28.5 Å². The molecule has 3 rings (SSSR count). The monoisotopic (exact) mass is 252 g/mol. The van der Waals surface area contributed by atoms with E-state index in [9.17, 15) is 0 Å². The van der Waals surface area contributed by atoms with Crippen molar-refractivity contribution < 1.29 is 0 Å². The summed E-state index contributed by atoms with van der Waals surface area (Å²) in [7, 11) is 1.90. The Balaban J connectivity index is 1.56. The molecule has 94 valence electrons. The molecule has 2 aliphatic carbocycles. The Kier molecular flexibility index (Phi) is 3.29. The number of aromatic nitrogens is 2. The molecule has 4 nitrogen and oxygen atoms in total. The number of hydrogen-bond acceptors (Lipinski definition) is 5. The standard InChI is InChI=1S/C12H20N4S/c1-13-12-15-14-11(17-12)8-16(6-9-2-3-9)7-10-4-5-10/h9-10H,2-8H2,1H3,(H,13,15). The molecule has 17 heavy (non-hydrogen) atoms. The molecule has 0 aromatic carbocycles. The van der Waals surface area contributed by atoms with Crippen molar-refractivity contribution in [2.45, 2.75) is 32.2 Å². The fourth-order valence-corrected chi connectivity index (χ4v) is 2.88. The quantitative estimate of drug-likeness (QED) is 0.808. The number of nitrogens with zero attached hydrogens (tertiary/aromatic N) is 3. The van der Waals surface area contributed by atoms with Gasteiger partial charge in [-0.3, -0.25) is 4.90 Å². The van der Waals surface area contributed by atoms with E-state index in [2.05, 4.69) is 20.4 Å². The summed E-state index contributed by atoms with van der Waals surface area (Å²) < 4.78 is 0. The molecule has 0 radical (unpaired) electrons. The van der Waals surface area contributed by atoms with Gasteiger partial charge in [0.25, 0.3) is 0 Å². The molecule has 0 aliphatic heterocycles. The van der Waals surface area contributed by atoms with E-state index in [0.29, 0.717) is 0 Å². The van der Waals surface area contributed by atoms with E-state index >= 15 is 0 Å². The van der Waals surface area contributed by atoms with Crippen molar-refractivity contribution in [1.29, 1.82) is 0 Å². The Morgan fingerprint density at radius 1 is 1.18 bits per heavy atom. The normalized spacial score (nSPS) is 19.9. The lowest BCUT2D eigenvalue weighted by Gasteiger charge is -2.20. The van der Waals surface area contributed by atoms with Crippen molar-refractivity contribution >= 4 is 16.5 Å². The van der Waals surface area contributed by atoms with Crippen LogP contribution in [0.3, 0.4) is 0 Å². The van der Waals surface area contributed by atoms with Crippen LogP contribution in [0.1, 0.15) is 30.7 Å². The van der Waals surface area contributed by atoms with E-state index in [1.165, 1.54) is 38.8 Å². The molecule has 0 saturated heterocycles. The van der Waals surface area contributed by atoms with Crippen molar-refractivity contribution in [3.8, 4) is 0 Å². The van der Waals surface area contributed by atoms with Crippen molar-refractivity contribution in [3.05, 3.63) is 5.01 Å². The van der Waals surface area contributed by atoms with Crippen LogP contribution in [0, 0.1) is 11.8 Å². The molecule has 2 fully saturated rings. The minimum atomic E-state index is 0.929. The zero-order chi connectivity index (χ0) is 11.7. The maximum Gasteiger partial charge on any atom is 0.205 e. The maximum absolute atomic E-state index is 4.25. The average Bonchev–Trinajstić information content (AvgIpc) is 3.22. The number of nitrogens with one attached hydrogen (secondary N) is 1. The van der Waals surface area contributed by atoms with Crippen LogP contribution in [0.5, 0.6) is 0 Å². The molecular weight excluding hydrogens is 232 g/mol. The minimum Gasteiger partial charge on any atom is -0.363 e. The molecule has 0 amide bonds. The van der Waals surface area contributed by atoms with Crippen LogP contribution in [-0.4, -0.2) is 35.2 Å². The van der Waals surface area contributed by atoms with E-state index < -0.39 is 0 Å². The highest BCUT2D eigenvalue weighted by Crippen LogP contribution is 2.34. The lowest BCUT2D eigenvalue weighted by atomic mass is 10.3. The summed E-state index contributed by atoms with van der Waals surface area (Å²) in [6, 6.07) is 0. The smallest absolute Gasteiger partial charge is 0.205 e. The van der Waals surface area contributed by atoms with Gasteiger partial charge in [-0.15, -0.1) is 10.2 Å². The minimum absolute atomic E-state index is 0.929. The molecule has 2 saturated carbocycles. The first-order valence-corrected chi connectivity index (χ1v) is 7.37. The largest absolute Gasteiger partial charge is 0.363 e. The molecule has 1 N–H and O–H groups in total. The second-order valence-corrected chi connectivity index (χ2v) is 6.39. The molecule has 1 heterocycles. The molecule has 2 aliphatic rings. The highest BCUT2D eigenvalue weighted by atomic mass is 32.1. The van der Waals surface area contributed by atoms with Crippen molar-refractivity contribution in [2.75, 3.05) is 25.5 Å². The van der Waals surface area contributed by atoms with Gasteiger partial charge in [-0.1, -0.05) is 11.3 Å². The van der Waals surface area contributed by atoms with Crippen LogP contribution < -0.4 is 5.32 Å². The highest BCUT2D eigenvalue weighted by molar-refractivity contribution is 7.15. The van der Waals surface area contributed by atoms with Gasteiger partial charge in [-0.05, 0) is 37.5 Å². The third kappa shape index (κ3) is 3.39. The zero-order valence-electron chi connectivity index (χ0n) is 10.4. The van der Waals surface area contributed by atoms with Gasteiger partial charge in [0.2, 0.25) is 5.13 Å². The maximum atomic E-state index is 4.25. The molecule has 0 unspecified atom stereocenters. The molecular formula is C12H20N4S. The summed E-state index contributed by atoms with van der Waals surface area (Å²) in [5.74, 6) is 1.93. The van der Waals surface area contributed by atoms with Crippen molar-refractivity contribution in [3.63, 3.8) is 0 Å². The number of anilines is 1. The Bertz CT molecular complexity index is 356. The Hall–Kier alpha value is -0.680. The van der Waals surface area contributed by atoms with Crippen LogP contribution in [0.2, 0.25) is 0 Å². The Morgan fingerprint density at radius 3 is 2.29 bits per heavy atom. The van der Waals surface area contributed by atoms with Gasteiger partial charge in [0.1, 0.15) is 5.01 Å². The predicted molar refractivity (Wildman–Crippen MR) is 70.2 cm³/mol. The van der Waals surface area contributed by atoms with E-state index in [1.54, 1.807) is 11.3 Å². The Labute approximate surface area is 106 Å². The molecule has 1 aromatic rings. The van der Waals surface area contributed by atoms with Gasteiger partial charge in [0.15, 0.2) is 0 Å². The first-order valence-electron chi connectivity index (χ1n) is 6.56. The number of hydrogen-bond donors (Lipinski definition) is 1. The highest BCUT2D eigenvalue weighted by Gasteiger charge is 2.29. The molecule has 5 heteroatoms. The topological polar surface area (TPSA) is 41.1 Å². The van der Waals surface area contributed by atoms with Gasteiger partial charge in [-0.2, -0.15) is 0 Å². The summed E-state index contributed by atoms with van der Waals surface area (Å²) in [6.45, 7) is 3.53. The molecule has 0 atom stereocenters. The molecule has 0 spiro atoms. The van der Waals surface area contributed by atoms with Gasteiger partial charge < -0.3 is 5.32 Å². The zero-order valence-corrected chi connectivity index (χ0v) is 11.2. The number of rotatable bonds is 7. The van der Waals surface area contributed by atoms with Crippen LogP contribution in [-0.2, 0) is 6.54 Å². The first-order chi connectivity index (χ1) is 8.33. The summed E-state index contributed by atoms with van der Waals surface area (Å²) in [5, 5.41) is 13.5. The Morgan fingerprint density at radius 2 is 1.82 bits per heavy atom. The van der Waals surface area contributed by atoms with E-state index in [1.807, 2.05) is 7.05 Å². The fourth-order valence-electron chi connectivity index (χ4n) is 2.14. The van der Waals surface area contributed by atoms with Crippen LogP contribution in [0.15, 0.2) is 0 Å². The van der Waals surface area contributed by atoms with E-state index in [-0.39, 0.29) is 0 Å². The molecule has 0 bridgehead atoms. The predicted octanol–water partition coefficient (Wildman–Crippen LogP) is 2.20.